The number of rotatable bonds is 5. The minimum atomic E-state index is -0.829. The van der Waals surface area contributed by atoms with Crippen LogP contribution in [0.4, 0.5) is 0 Å². The van der Waals surface area contributed by atoms with Crippen LogP contribution in [0.25, 0.3) is 0 Å². The maximum Gasteiger partial charge on any atom is 0.320 e. The van der Waals surface area contributed by atoms with Crippen molar-refractivity contribution < 1.29 is 14.4 Å². The van der Waals surface area contributed by atoms with E-state index in [1.54, 1.807) is 0 Å². The molecule has 0 aliphatic carbocycles. The van der Waals surface area contributed by atoms with Crippen molar-refractivity contribution >= 4 is 5.97 Å². The van der Waals surface area contributed by atoms with Gasteiger partial charge >= 0.3 is 5.97 Å². The highest BCUT2D eigenvalue weighted by atomic mass is 16.5. The van der Waals surface area contributed by atoms with Gasteiger partial charge in [0.1, 0.15) is 11.8 Å². The molecule has 0 aliphatic rings. The van der Waals surface area contributed by atoms with Gasteiger partial charge in [0.05, 0.1) is 5.69 Å². The van der Waals surface area contributed by atoms with Crippen molar-refractivity contribution in [2.75, 3.05) is 0 Å². The van der Waals surface area contributed by atoms with Crippen LogP contribution < -0.4 is 5.32 Å². The molecule has 0 amide bonds. The maximum absolute atomic E-state index is 10.8. The van der Waals surface area contributed by atoms with Gasteiger partial charge in [0.25, 0.3) is 0 Å². The lowest BCUT2D eigenvalue weighted by molar-refractivity contribution is -0.139. The molecule has 0 radical (unpaired) electrons. The molecular formula is C10H16N2O3. The van der Waals surface area contributed by atoms with Crippen molar-refractivity contribution in [2.45, 2.75) is 39.8 Å². The average molecular weight is 212 g/mol. The summed E-state index contributed by atoms with van der Waals surface area (Å²) in [5.74, 6) is -0.0931. The van der Waals surface area contributed by atoms with Gasteiger partial charge in [-0.25, -0.2) is 0 Å². The van der Waals surface area contributed by atoms with Crippen molar-refractivity contribution in [2.24, 2.45) is 0 Å². The van der Waals surface area contributed by atoms with Crippen LogP contribution in [0.3, 0.4) is 0 Å². The van der Waals surface area contributed by atoms with E-state index in [0.717, 1.165) is 17.0 Å². The van der Waals surface area contributed by atoms with Crippen LogP contribution in [-0.2, 0) is 11.3 Å². The van der Waals surface area contributed by atoms with E-state index < -0.39 is 12.0 Å². The van der Waals surface area contributed by atoms with E-state index in [2.05, 4.69) is 10.5 Å². The second-order valence-corrected chi connectivity index (χ2v) is 3.48. The van der Waals surface area contributed by atoms with E-state index in [-0.39, 0.29) is 0 Å². The highest BCUT2D eigenvalue weighted by Crippen LogP contribution is 2.11. The number of nitrogens with zero attached hydrogens (tertiary/aromatic N) is 1. The summed E-state index contributed by atoms with van der Waals surface area (Å²) in [6.07, 6.45) is 0.554. The zero-order valence-corrected chi connectivity index (χ0v) is 9.20. The molecule has 0 aromatic carbocycles. The summed E-state index contributed by atoms with van der Waals surface area (Å²) in [4.78, 5) is 10.8. The van der Waals surface area contributed by atoms with Gasteiger partial charge in [0.2, 0.25) is 0 Å². The Hall–Kier alpha value is -1.36. The average Bonchev–Trinajstić information content (AvgIpc) is 2.49. The van der Waals surface area contributed by atoms with Crippen LogP contribution in [0, 0.1) is 13.8 Å². The smallest absolute Gasteiger partial charge is 0.320 e. The highest BCUT2D eigenvalue weighted by Gasteiger charge is 2.16. The lowest BCUT2D eigenvalue weighted by atomic mass is 10.1. The van der Waals surface area contributed by atoms with E-state index in [1.165, 1.54) is 0 Å². The Kier molecular flexibility index (Phi) is 3.85. The molecule has 0 spiro atoms. The second kappa shape index (κ2) is 4.93. The molecule has 0 aliphatic heterocycles. The van der Waals surface area contributed by atoms with Crippen molar-refractivity contribution in [3.05, 3.63) is 17.0 Å². The fraction of sp³-hybridized carbons (Fsp3) is 0.600. The Balaban J connectivity index is 2.60. The number of aromatic nitrogens is 1. The van der Waals surface area contributed by atoms with Crippen LogP contribution in [-0.4, -0.2) is 22.3 Å². The summed E-state index contributed by atoms with van der Waals surface area (Å²) in [5, 5.41) is 15.6. The molecule has 1 aromatic heterocycles. The number of nitrogens with one attached hydrogen (secondary N) is 1. The standard InChI is InChI=1S/C10H16N2O3/c1-4-9(10(13)14)11-5-8-6(2)12-15-7(8)3/h9,11H,4-5H2,1-3H3,(H,13,14). The molecule has 84 valence electrons. The van der Waals surface area contributed by atoms with E-state index in [0.29, 0.717) is 13.0 Å². The van der Waals surface area contributed by atoms with E-state index in [9.17, 15) is 4.79 Å². The third kappa shape index (κ3) is 2.79. The predicted molar refractivity (Wildman–Crippen MR) is 54.5 cm³/mol. The van der Waals surface area contributed by atoms with Crippen LogP contribution in [0.1, 0.15) is 30.4 Å². The zero-order valence-electron chi connectivity index (χ0n) is 9.20. The first-order valence-corrected chi connectivity index (χ1v) is 4.94. The molecule has 5 nitrogen and oxygen atoms in total. The molecule has 0 bridgehead atoms. The summed E-state index contributed by atoms with van der Waals surface area (Å²) >= 11 is 0. The Morgan fingerprint density at radius 1 is 1.60 bits per heavy atom. The molecule has 1 atom stereocenters. The van der Waals surface area contributed by atoms with Crippen molar-refractivity contribution in [3.8, 4) is 0 Å². The Labute approximate surface area is 88.5 Å². The van der Waals surface area contributed by atoms with Crippen LogP contribution in [0.2, 0.25) is 0 Å². The van der Waals surface area contributed by atoms with Gasteiger partial charge < -0.3 is 14.9 Å². The normalized spacial score (nSPS) is 12.7. The van der Waals surface area contributed by atoms with Crippen molar-refractivity contribution in [1.29, 1.82) is 0 Å². The highest BCUT2D eigenvalue weighted by molar-refractivity contribution is 5.73. The summed E-state index contributed by atoms with van der Waals surface area (Å²) in [7, 11) is 0. The minimum Gasteiger partial charge on any atom is -0.480 e. The predicted octanol–water partition coefficient (Wildman–Crippen LogP) is 1.24. The van der Waals surface area contributed by atoms with Crippen molar-refractivity contribution in [3.63, 3.8) is 0 Å². The van der Waals surface area contributed by atoms with Crippen molar-refractivity contribution in [1.82, 2.24) is 10.5 Å². The van der Waals surface area contributed by atoms with Crippen LogP contribution >= 0.6 is 0 Å². The fourth-order valence-corrected chi connectivity index (χ4v) is 1.39. The molecule has 5 heteroatoms. The molecule has 1 aromatic rings. The molecule has 1 unspecified atom stereocenters. The maximum atomic E-state index is 10.8. The van der Waals surface area contributed by atoms with Gasteiger partial charge in [-0.15, -0.1) is 0 Å². The third-order valence-corrected chi connectivity index (χ3v) is 2.41. The van der Waals surface area contributed by atoms with Gasteiger partial charge in [-0.3, -0.25) is 4.79 Å². The lowest BCUT2D eigenvalue weighted by Gasteiger charge is -2.11. The topological polar surface area (TPSA) is 75.4 Å². The summed E-state index contributed by atoms with van der Waals surface area (Å²) in [5.41, 5.74) is 1.75. The fourth-order valence-electron chi connectivity index (χ4n) is 1.39. The van der Waals surface area contributed by atoms with E-state index in [4.69, 9.17) is 9.63 Å². The molecule has 15 heavy (non-hydrogen) atoms. The SMILES string of the molecule is CCC(NCc1c(C)noc1C)C(=O)O. The molecule has 2 N–H and O–H groups in total. The number of carboxylic acid groups (broad SMARTS) is 1. The largest absolute Gasteiger partial charge is 0.480 e. The Bertz CT molecular complexity index is 327. The molecular weight excluding hydrogens is 196 g/mol. The first-order valence-electron chi connectivity index (χ1n) is 4.94. The van der Waals surface area contributed by atoms with Gasteiger partial charge in [0, 0.05) is 12.1 Å². The molecule has 1 heterocycles. The first-order chi connectivity index (χ1) is 7.06. The zero-order chi connectivity index (χ0) is 11.4. The lowest BCUT2D eigenvalue weighted by Crippen LogP contribution is -2.35. The second-order valence-electron chi connectivity index (χ2n) is 3.48. The monoisotopic (exact) mass is 212 g/mol. The molecule has 0 fully saturated rings. The van der Waals surface area contributed by atoms with Gasteiger partial charge in [-0.05, 0) is 20.3 Å². The Morgan fingerprint density at radius 2 is 2.27 bits per heavy atom. The van der Waals surface area contributed by atoms with E-state index >= 15 is 0 Å². The Morgan fingerprint density at radius 3 is 2.67 bits per heavy atom. The summed E-state index contributed by atoms with van der Waals surface area (Å²) < 4.78 is 4.98. The summed E-state index contributed by atoms with van der Waals surface area (Å²) in [6, 6.07) is -0.515. The number of hydrogen-bond donors (Lipinski definition) is 2. The van der Waals surface area contributed by atoms with Gasteiger partial charge in [-0.1, -0.05) is 12.1 Å². The van der Waals surface area contributed by atoms with Gasteiger partial charge in [-0.2, -0.15) is 0 Å². The summed E-state index contributed by atoms with van der Waals surface area (Å²) in [6.45, 7) is 5.97. The van der Waals surface area contributed by atoms with Gasteiger partial charge in [0.15, 0.2) is 0 Å². The molecule has 0 saturated carbocycles. The van der Waals surface area contributed by atoms with Crippen LogP contribution in [0.5, 0.6) is 0 Å². The number of hydrogen-bond acceptors (Lipinski definition) is 4. The number of carboxylic acids is 1. The molecule has 1 rings (SSSR count). The molecule has 0 saturated heterocycles. The first kappa shape index (κ1) is 11.7. The number of aliphatic carboxylic acids is 1. The van der Waals surface area contributed by atoms with Crippen LogP contribution in [0.15, 0.2) is 4.52 Å². The third-order valence-electron chi connectivity index (χ3n) is 2.41. The number of aryl methyl sites for hydroxylation is 2. The quantitative estimate of drug-likeness (QED) is 0.768. The number of carbonyl (C=O) groups is 1. The minimum absolute atomic E-state index is 0.478. The van der Waals surface area contributed by atoms with E-state index in [1.807, 2.05) is 20.8 Å².